The molecule has 168 valence electrons. The van der Waals surface area contributed by atoms with Crippen LogP contribution in [0.4, 0.5) is 0 Å². The number of carboxylic acids is 1. The lowest BCUT2D eigenvalue weighted by molar-refractivity contribution is 0.0696. The molecule has 0 aliphatic carbocycles. The lowest BCUT2D eigenvalue weighted by Crippen LogP contribution is -2.38. The van der Waals surface area contributed by atoms with E-state index in [-0.39, 0.29) is 24.2 Å². The highest BCUT2D eigenvalue weighted by Crippen LogP contribution is 2.07. The van der Waals surface area contributed by atoms with Crippen LogP contribution in [0.5, 0.6) is 0 Å². The molecule has 0 aliphatic rings. The molecule has 0 aromatic carbocycles. The first-order valence-corrected chi connectivity index (χ1v) is 9.39. The van der Waals surface area contributed by atoms with Gasteiger partial charge in [-0.1, -0.05) is 0 Å². The fourth-order valence-corrected chi connectivity index (χ4v) is 2.93. The zero-order chi connectivity index (χ0) is 23.1. The number of pyridine rings is 1. The number of aromatic carboxylic acids is 1. The van der Waals surface area contributed by atoms with Crippen molar-refractivity contribution < 1.29 is 20.1 Å². The second-order valence-corrected chi connectivity index (χ2v) is 6.96. The van der Waals surface area contributed by atoms with Crippen LogP contribution in [0.3, 0.4) is 0 Å². The molecule has 3 N–H and O–H groups in total. The van der Waals surface area contributed by atoms with Crippen LogP contribution in [-0.2, 0) is 20.6 Å². The highest BCUT2D eigenvalue weighted by molar-refractivity contribution is 5.86. The van der Waals surface area contributed by atoms with E-state index in [0.29, 0.717) is 18.7 Å². The van der Waals surface area contributed by atoms with E-state index in [1.165, 1.54) is 36.4 Å². The summed E-state index contributed by atoms with van der Waals surface area (Å²) >= 11 is 0. The number of likely N-dealkylation sites (N-methyl/N-ethyl adjacent to an activating group) is 1. The van der Waals surface area contributed by atoms with Gasteiger partial charge in [-0.3, -0.25) is 18.9 Å². The number of carbonyl (C=O) groups is 1. The van der Waals surface area contributed by atoms with Crippen LogP contribution >= 0.6 is 0 Å². The highest BCUT2D eigenvalue weighted by Gasteiger charge is 2.16. The van der Waals surface area contributed by atoms with E-state index < -0.39 is 23.3 Å². The number of aliphatic hydroxyl groups excluding tert-OH is 2. The summed E-state index contributed by atoms with van der Waals surface area (Å²) in [5, 5.41) is 27.3. The van der Waals surface area contributed by atoms with Crippen molar-refractivity contribution in [2.45, 2.75) is 12.6 Å². The van der Waals surface area contributed by atoms with E-state index in [0.717, 1.165) is 4.57 Å². The normalized spacial score (nSPS) is 11.9. The second kappa shape index (κ2) is 10.6. The molecule has 12 nitrogen and oxygen atoms in total. The fourth-order valence-electron chi connectivity index (χ4n) is 2.93. The number of rotatable bonds is 7. The molecule has 0 fully saturated rings. The van der Waals surface area contributed by atoms with Gasteiger partial charge in [0.05, 0.1) is 31.1 Å². The molecule has 3 heterocycles. The number of aryl methyl sites for hydroxylation is 1. The van der Waals surface area contributed by atoms with Crippen molar-refractivity contribution in [3.05, 3.63) is 57.3 Å². The van der Waals surface area contributed by atoms with Crippen molar-refractivity contribution >= 4 is 17.1 Å². The molecule has 0 radical (unpaired) electrons. The van der Waals surface area contributed by atoms with Gasteiger partial charge in [0.25, 0.3) is 5.56 Å². The Morgan fingerprint density at radius 3 is 2.52 bits per heavy atom. The minimum Gasteiger partial charge on any atom is -0.478 e. The number of fused-ring (bicyclic) bond motifs is 1. The smallest absolute Gasteiger partial charge is 0.337 e. The van der Waals surface area contributed by atoms with Gasteiger partial charge in [0, 0.05) is 39.6 Å². The van der Waals surface area contributed by atoms with E-state index in [1.807, 2.05) is 0 Å². The van der Waals surface area contributed by atoms with Crippen molar-refractivity contribution in [2.24, 2.45) is 14.1 Å². The molecule has 31 heavy (non-hydrogen) atoms. The third-order valence-corrected chi connectivity index (χ3v) is 4.54. The Hall–Kier alpha value is -3.35. The van der Waals surface area contributed by atoms with Crippen molar-refractivity contribution in [3.63, 3.8) is 0 Å². The Morgan fingerprint density at radius 2 is 1.97 bits per heavy atom. The Kier molecular flexibility index (Phi) is 8.19. The van der Waals surface area contributed by atoms with Gasteiger partial charge in [-0.05, 0) is 19.2 Å². The largest absolute Gasteiger partial charge is 0.478 e. The molecular formula is C19H26N6O6. The van der Waals surface area contributed by atoms with Crippen molar-refractivity contribution in [3.8, 4) is 0 Å². The predicted molar refractivity (Wildman–Crippen MR) is 112 cm³/mol. The number of aliphatic hydroxyl groups is 2. The number of hydrogen-bond donors (Lipinski definition) is 3. The summed E-state index contributed by atoms with van der Waals surface area (Å²) in [5.74, 6) is -0.942. The number of nitrogens with zero attached hydrogens (tertiary/aromatic N) is 6. The summed E-state index contributed by atoms with van der Waals surface area (Å²) < 4.78 is 3.87. The van der Waals surface area contributed by atoms with E-state index >= 15 is 0 Å². The summed E-state index contributed by atoms with van der Waals surface area (Å²) in [4.78, 5) is 43.8. The molecule has 12 heteroatoms. The molecule has 3 aromatic heterocycles. The van der Waals surface area contributed by atoms with Crippen LogP contribution in [-0.4, -0.2) is 82.7 Å². The SMILES string of the molecule is CN(CCO)CC(O)Cn1cnc2c1c(=O)n(C)c(=O)n2C.O=C(O)c1cccnc1. The van der Waals surface area contributed by atoms with Crippen LogP contribution < -0.4 is 11.2 Å². The molecule has 3 rings (SSSR count). The highest BCUT2D eigenvalue weighted by atomic mass is 16.4. The van der Waals surface area contributed by atoms with Gasteiger partial charge in [-0.15, -0.1) is 0 Å². The van der Waals surface area contributed by atoms with Crippen LogP contribution in [0.15, 0.2) is 40.4 Å². The van der Waals surface area contributed by atoms with E-state index in [4.69, 9.17) is 10.2 Å². The monoisotopic (exact) mass is 434 g/mol. The number of hydrogen-bond acceptors (Lipinski definition) is 8. The first-order chi connectivity index (χ1) is 14.7. The average Bonchev–Trinajstić information content (AvgIpc) is 3.15. The second-order valence-electron chi connectivity index (χ2n) is 6.96. The minimum atomic E-state index is -0.942. The summed E-state index contributed by atoms with van der Waals surface area (Å²) in [5.41, 5.74) is -0.0764. The van der Waals surface area contributed by atoms with E-state index in [9.17, 15) is 19.5 Å². The molecule has 0 saturated heterocycles. The number of carboxylic acid groups (broad SMARTS) is 1. The fraction of sp³-hybridized carbons (Fsp3) is 0.421. The minimum absolute atomic E-state index is 0.0138. The number of aromatic nitrogens is 5. The summed E-state index contributed by atoms with van der Waals surface area (Å²) in [6.07, 6.45) is 3.56. The maximum Gasteiger partial charge on any atom is 0.337 e. The molecule has 3 aromatic rings. The molecule has 0 aliphatic heterocycles. The topological polar surface area (TPSA) is 156 Å². The van der Waals surface area contributed by atoms with Crippen LogP contribution in [0.2, 0.25) is 0 Å². The predicted octanol–water partition coefficient (Wildman–Crippen LogP) is -1.50. The third-order valence-electron chi connectivity index (χ3n) is 4.54. The van der Waals surface area contributed by atoms with E-state index in [1.54, 1.807) is 29.6 Å². The van der Waals surface area contributed by atoms with Gasteiger partial charge in [0.1, 0.15) is 0 Å². The lowest BCUT2D eigenvalue weighted by Gasteiger charge is -2.19. The summed E-state index contributed by atoms with van der Waals surface area (Å²) in [6.45, 7) is 1.00. The maximum atomic E-state index is 12.3. The molecular weight excluding hydrogens is 408 g/mol. The molecule has 0 amide bonds. The third kappa shape index (κ3) is 5.84. The first-order valence-electron chi connectivity index (χ1n) is 9.39. The van der Waals surface area contributed by atoms with Gasteiger partial charge in [0.15, 0.2) is 11.2 Å². The zero-order valence-electron chi connectivity index (χ0n) is 17.5. The van der Waals surface area contributed by atoms with Crippen LogP contribution in [0.25, 0.3) is 11.2 Å². The molecule has 0 spiro atoms. The maximum absolute atomic E-state index is 12.3. The van der Waals surface area contributed by atoms with Crippen LogP contribution in [0.1, 0.15) is 10.4 Å². The standard InChI is InChI=1S/C13H21N5O4.C6H5NO2/c1-15(4-5-19)6-9(20)7-18-8-14-11-10(18)12(21)17(3)13(22)16(11)2;8-6(9)5-2-1-3-7-4-5/h8-9,19-20H,4-7H2,1-3H3;1-4H,(H,8,9). The van der Waals surface area contributed by atoms with Gasteiger partial charge in [0.2, 0.25) is 0 Å². The van der Waals surface area contributed by atoms with Crippen LogP contribution in [0, 0.1) is 0 Å². The average molecular weight is 434 g/mol. The van der Waals surface area contributed by atoms with Gasteiger partial charge >= 0.3 is 11.7 Å². The zero-order valence-corrected chi connectivity index (χ0v) is 17.5. The van der Waals surface area contributed by atoms with Gasteiger partial charge in [-0.2, -0.15) is 0 Å². The Balaban J connectivity index is 0.000000316. The number of imidazole rings is 1. The summed E-state index contributed by atoms with van der Waals surface area (Å²) in [7, 11) is 4.74. The Bertz CT molecular complexity index is 1140. The molecule has 0 saturated carbocycles. The quantitative estimate of drug-likeness (QED) is 0.403. The Morgan fingerprint density at radius 1 is 1.26 bits per heavy atom. The van der Waals surface area contributed by atoms with Crippen molar-refractivity contribution in [2.75, 3.05) is 26.7 Å². The molecule has 1 unspecified atom stereocenters. The first kappa shape index (κ1) is 23.9. The van der Waals surface area contributed by atoms with Crippen molar-refractivity contribution in [1.29, 1.82) is 0 Å². The molecule has 0 bridgehead atoms. The summed E-state index contributed by atoms with van der Waals surface area (Å²) in [6, 6.07) is 3.08. The molecule has 1 atom stereocenters. The van der Waals surface area contributed by atoms with Gasteiger partial charge < -0.3 is 24.8 Å². The van der Waals surface area contributed by atoms with E-state index in [2.05, 4.69) is 9.97 Å². The Labute approximate surface area is 177 Å². The van der Waals surface area contributed by atoms with Crippen molar-refractivity contribution in [1.82, 2.24) is 28.6 Å². The lowest BCUT2D eigenvalue weighted by atomic mass is 10.3. The van der Waals surface area contributed by atoms with Gasteiger partial charge in [-0.25, -0.2) is 14.6 Å².